The van der Waals surface area contributed by atoms with Crippen LogP contribution in [0.25, 0.3) is 11.3 Å². The van der Waals surface area contributed by atoms with Crippen LogP contribution in [0, 0.1) is 12.7 Å². The molecule has 0 saturated carbocycles. The molecule has 2 rings (SSSR count). The molecule has 0 amide bonds. The van der Waals surface area contributed by atoms with Gasteiger partial charge < -0.3 is 0 Å². The van der Waals surface area contributed by atoms with Crippen molar-refractivity contribution in [3.8, 4) is 11.3 Å². The summed E-state index contributed by atoms with van der Waals surface area (Å²) in [5.41, 5.74) is 2.75. The van der Waals surface area contributed by atoms with Gasteiger partial charge in [0.15, 0.2) is 6.20 Å². The lowest BCUT2D eigenvalue weighted by Gasteiger charge is -2.15. The van der Waals surface area contributed by atoms with E-state index in [-0.39, 0.29) is 5.82 Å². The van der Waals surface area contributed by atoms with E-state index in [4.69, 9.17) is 1.37 Å². The Bertz CT molecular complexity index is 662. The maximum atomic E-state index is 13.5. The molecule has 0 fully saturated rings. The van der Waals surface area contributed by atoms with E-state index in [2.05, 4.69) is 19.6 Å². The van der Waals surface area contributed by atoms with Crippen LogP contribution in [0.2, 0.25) is 19.6 Å². The van der Waals surface area contributed by atoms with Gasteiger partial charge in [-0.15, -0.1) is 0 Å². The summed E-state index contributed by atoms with van der Waals surface area (Å²) in [7, 11) is 0.421. The number of hydrogen-bond acceptors (Lipinski definition) is 0. The van der Waals surface area contributed by atoms with E-state index in [1.165, 1.54) is 12.1 Å². The van der Waals surface area contributed by atoms with Crippen molar-refractivity contribution < 1.29 is 10.3 Å². The maximum absolute atomic E-state index is 13.5. The Hall–Kier alpha value is -1.48. The van der Waals surface area contributed by atoms with Crippen molar-refractivity contribution >= 4 is 13.3 Å². The van der Waals surface area contributed by atoms with Crippen LogP contribution >= 0.6 is 0 Å². The molecular formula is C16H21FNSi+. The summed E-state index contributed by atoms with van der Waals surface area (Å²) in [5, 5.41) is 1.12. The van der Waals surface area contributed by atoms with Crippen molar-refractivity contribution in [1.29, 1.82) is 0 Å². The summed E-state index contributed by atoms with van der Waals surface area (Å²) in [6.07, 6.45) is 2.04. The molecular weight excluding hydrogens is 253 g/mol. The smallest absolute Gasteiger partial charge is 0.207 e. The molecule has 0 aliphatic carbocycles. The number of halogens is 1. The lowest BCUT2D eigenvalue weighted by molar-refractivity contribution is -0.659. The van der Waals surface area contributed by atoms with Crippen molar-refractivity contribution in [3.05, 3.63) is 47.9 Å². The van der Waals surface area contributed by atoms with Gasteiger partial charge in [0.05, 0.1) is 15.0 Å². The number of rotatable bonds is 2. The number of hydrogen-bond donors (Lipinski definition) is 0. The summed E-state index contributed by atoms with van der Waals surface area (Å²) in [6.45, 7) is 8.65. The van der Waals surface area contributed by atoms with E-state index < -0.39 is 8.07 Å². The van der Waals surface area contributed by atoms with E-state index in [9.17, 15) is 4.39 Å². The highest BCUT2D eigenvalue weighted by Gasteiger charge is 2.21. The average molecular weight is 275 g/mol. The predicted octanol–water partition coefficient (Wildman–Crippen LogP) is 3.17. The fourth-order valence-corrected chi connectivity index (χ4v) is 3.18. The summed E-state index contributed by atoms with van der Waals surface area (Å²) < 4.78 is 23.8. The first kappa shape index (κ1) is 12.5. The highest BCUT2D eigenvalue weighted by atomic mass is 28.3. The molecule has 1 aromatic carbocycles. The Morgan fingerprint density at radius 2 is 1.89 bits per heavy atom. The predicted molar refractivity (Wildman–Crippen MR) is 80.7 cm³/mol. The topological polar surface area (TPSA) is 3.88 Å². The van der Waals surface area contributed by atoms with Gasteiger partial charge >= 0.3 is 0 Å². The second kappa shape index (κ2) is 4.89. The van der Waals surface area contributed by atoms with Gasteiger partial charge in [0.1, 0.15) is 12.9 Å². The van der Waals surface area contributed by atoms with Crippen molar-refractivity contribution in [2.24, 2.45) is 7.05 Å². The molecule has 0 atom stereocenters. The number of pyridine rings is 1. The van der Waals surface area contributed by atoms with Gasteiger partial charge in [-0.25, -0.2) is 8.96 Å². The maximum Gasteiger partial charge on any atom is 0.212 e. The number of benzene rings is 1. The number of nitrogens with zero attached hydrogens (tertiary/aromatic N) is 1. The summed E-state index contributed by atoms with van der Waals surface area (Å²) in [6, 6.07) is 7.20. The zero-order valence-corrected chi connectivity index (χ0v) is 13.2. The minimum Gasteiger partial charge on any atom is -0.207 e. The monoisotopic (exact) mass is 275 g/mol. The normalized spacial score (nSPS) is 12.4. The molecule has 0 spiro atoms. The van der Waals surface area contributed by atoms with Gasteiger partial charge in [0, 0.05) is 11.3 Å². The van der Waals surface area contributed by atoms with E-state index in [1.54, 1.807) is 6.07 Å². The van der Waals surface area contributed by atoms with Crippen LogP contribution in [-0.2, 0) is 7.05 Å². The van der Waals surface area contributed by atoms with Crippen LogP contribution in [0.5, 0.6) is 0 Å². The molecule has 0 aliphatic rings. The standard InChI is InChI=1S/C16H21FNSi/c1-12-6-7-13(17)10-15(12)16-9-8-14(11-18(16)2)19(3,4)5/h6-11H,1-5H3/q+1/i8D. The van der Waals surface area contributed by atoms with Gasteiger partial charge in [0.2, 0.25) is 5.69 Å². The second-order valence-corrected chi connectivity index (χ2v) is 11.1. The Labute approximate surface area is 117 Å². The number of aromatic nitrogens is 1. The fourth-order valence-electron chi connectivity index (χ4n) is 2.10. The van der Waals surface area contributed by atoms with E-state index in [0.29, 0.717) is 6.04 Å². The van der Waals surface area contributed by atoms with Gasteiger partial charge in [-0.1, -0.05) is 31.7 Å². The SMILES string of the molecule is [2H]c1cc(-c2cc(F)ccc2C)[n+](C)cc1[Si](C)(C)C. The minimum absolute atomic E-state index is 0.244. The molecule has 3 heteroatoms. The largest absolute Gasteiger partial charge is 0.212 e. The molecule has 0 aliphatic heterocycles. The van der Waals surface area contributed by atoms with Crippen molar-refractivity contribution in [1.82, 2.24) is 0 Å². The van der Waals surface area contributed by atoms with Gasteiger partial charge in [-0.2, -0.15) is 0 Å². The van der Waals surface area contributed by atoms with Crippen molar-refractivity contribution in [2.45, 2.75) is 26.6 Å². The Morgan fingerprint density at radius 3 is 2.53 bits per heavy atom. The summed E-state index contributed by atoms with van der Waals surface area (Å²) >= 11 is 0. The van der Waals surface area contributed by atoms with Crippen LogP contribution < -0.4 is 9.75 Å². The van der Waals surface area contributed by atoms with Gasteiger partial charge in [-0.3, -0.25) is 0 Å². The molecule has 2 aromatic rings. The van der Waals surface area contributed by atoms with Crippen LogP contribution in [0.3, 0.4) is 0 Å². The molecule has 0 saturated heterocycles. The van der Waals surface area contributed by atoms with Crippen LogP contribution in [0.15, 0.2) is 36.5 Å². The molecule has 0 radical (unpaired) electrons. The van der Waals surface area contributed by atoms with E-state index in [1.807, 2.05) is 30.8 Å². The van der Waals surface area contributed by atoms with Crippen LogP contribution in [0.1, 0.15) is 6.93 Å². The van der Waals surface area contributed by atoms with Crippen LogP contribution in [0.4, 0.5) is 4.39 Å². The third-order valence-corrected chi connectivity index (χ3v) is 5.24. The molecule has 0 bridgehead atoms. The highest BCUT2D eigenvalue weighted by molar-refractivity contribution is 6.88. The first-order valence-corrected chi connectivity index (χ1v) is 9.97. The van der Waals surface area contributed by atoms with Gasteiger partial charge in [-0.05, 0) is 24.6 Å². The second-order valence-electron chi connectivity index (χ2n) is 6.04. The molecule has 0 N–H and O–H groups in total. The summed E-state index contributed by atoms with van der Waals surface area (Å²) in [4.78, 5) is 0. The quantitative estimate of drug-likeness (QED) is 0.585. The highest BCUT2D eigenvalue weighted by Crippen LogP contribution is 2.20. The summed E-state index contributed by atoms with van der Waals surface area (Å²) in [5.74, 6) is -0.244. The molecule has 0 unspecified atom stereocenters. The zero-order chi connectivity index (χ0) is 15.1. The average Bonchev–Trinajstić information content (AvgIpc) is 2.33. The molecule has 1 heterocycles. The van der Waals surface area contributed by atoms with Crippen LogP contribution in [-0.4, -0.2) is 8.07 Å². The Balaban J connectivity index is 2.65. The fraction of sp³-hybridized carbons (Fsp3) is 0.312. The lowest BCUT2D eigenvalue weighted by atomic mass is 10.0. The first-order chi connectivity index (χ1) is 9.20. The number of aryl methyl sites for hydroxylation is 2. The van der Waals surface area contributed by atoms with Gasteiger partial charge in [0.25, 0.3) is 0 Å². The molecule has 19 heavy (non-hydrogen) atoms. The Kier molecular flexibility index (Phi) is 3.23. The zero-order valence-electron chi connectivity index (χ0n) is 13.2. The molecule has 1 nitrogen and oxygen atoms in total. The molecule has 1 aromatic heterocycles. The van der Waals surface area contributed by atoms with E-state index in [0.717, 1.165) is 22.0 Å². The van der Waals surface area contributed by atoms with E-state index >= 15 is 0 Å². The molecule has 100 valence electrons. The first-order valence-electron chi connectivity index (χ1n) is 6.97. The van der Waals surface area contributed by atoms with Crippen molar-refractivity contribution in [2.75, 3.05) is 0 Å². The third-order valence-electron chi connectivity index (χ3n) is 3.35. The Morgan fingerprint density at radius 1 is 1.21 bits per heavy atom. The minimum atomic E-state index is -1.54. The van der Waals surface area contributed by atoms with Crippen molar-refractivity contribution in [3.63, 3.8) is 0 Å². The lowest BCUT2D eigenvalue weighted by Crippen LogP contribution is -2.44. The third kappa shape index (κ3) is 2.92.